The number of allylic oxidation sites excluding steroid dienone is 7. The summed E-state index contributed by atoms with van der Waals surface area (Å²) in [6, 6.07) is 0. The molecule has 16 heavy (non-hydrogen) atoms. The van der Waals surface area contributed by atoms with Crippen LogP contribution in [-0.2, 0) is 4.79 Å². The van der Waals surface area contributed by atoms with Gasteiger partial charge in [0.2, 0.25) is 0 Å². The van der Waals surface area contributed by atoms with Crippen LogP contribution in [0.25, 0.3) is 0 Å². The van der Waals surface area contributed by atoms with E-state index in [9.17, 15) is 4.79 Å². The van der Waals surface area contributed by atoms with Gasteiger partial charge in [0.25, 0.3) is 0 Å². The van der Waals surface area contributed by atoms with Gasteiger partial charge in [0, 0.05) is 0 Å². The summed E-state index contributed by atoms with van der Waals surface area (Å²) in [5.41, 5.74) is 3.71. The quantitative estimate of drug-likeness (QED) is 0.514. The fraction of sp³-hybridized carbons (Fsp3) is 0.400. The van der Waals surface area contributed by atoms with Gasteiger partial charge in [0.05, 0.1) is 0 Å². The number of hydrogen-bond acceptors (Lipinski definition) is 1. The standard InChI is InChI=1S/C15H18O/c1-12(11-16)9-10-14-7-4-6-13-5-2-3-8-15(13)14/h3-4,6,8,11,14H,1-2,5,7,9-10H2. The second kappa shape index (κ2) is 5.11. The molecule has 1 atom stereocenters. The molecule has 0 saturated heterocycles. The largest absolute Gasteiger partial charge is 0.298 e. The number of aldehydes is 1. The molecule has 0 fully saturated rings. The van der Waals surface area contributed by atoms with E-state index in [2.05, 4.69) is 30.9 Å². The first-order valence-electron chi connectivity index (χ1n) is 6.00. The van der Waals surface area contributed by atoms with Crippen molar-refractivity contribution in [3.63, 3.8) is 0 Å². The van der Waals surface area contributed by atoms with E-state index in [0.29, 0.717) is 5.92 Å². The molecule has 0 radical (unpaired) electrons. The topological polar surface area (TPSA) is 17.1 Å². The van der Waals surface area contributed by atoms with Crippen LogP contribution in [0.15, 0.2) is 47.6 Å². The van der Waals surface area contributed by atoms with Crippen molar-refractivity contribution in [2.75, 3.05) is 0 Å². The third-order valence-electron chi connectivity index (χ3n) is 3.41. The van der Waals surface area contributed by atoms with E-state index in [1.54, 1.807) is 0 Å². The molecule has 1 unspecified atom stereocenters. The van der Waals surface area contributed by atoms with E-state index in [1.165, 1.54) is 17.6 Å². The normalized spacial score (nSPS) is 23.1. The summed E-state index contributed by atoms with van der Waals surface area (Å²) in [4.78, 5) is 10.5. The first-order chi connectivity index (χ1) is 7.81. The Bertz CT molecular complexity index is 382. The van der Waals surface area contributed by atoms with E-state index in [4.69, 9.17) is 0 Å². The number of carbonyl (C=O) groups is 1. The molecule has 0 heterocycles. The Labute approximate surface area is 97.2 Å². The van der Waals surface area contributed by atoms with E-state index in [0.717, 1.165) is 37.5 Å². The maximum absolute atomic E-state index is 10.5. The molecule has 0 aromatic heterocycles. The molecular formula is C15H18O. The van der Waals surface area contributed by atoms with E-state index < -0.39 is 0 Å². The van der Waals surface area contributed by atoms with Gasteiger partial charge in [-0.2, -0.15) is 0 Å². The summed E-state index contributed by atoms with van der Waals surface area (Å²) >= 11 is 0. The van der Waals surface area contributed by atoms with Crippen LogP contribution in [0, 0.1) is 5.92 Å². The Kier molecular flexibility index (Phi) is 3.55. The van der Waals surface area contributed by atoms with Crippen LogP contribution in [0.3, 0.4) is 0 Å². The minimum atomic E-state index is 0.591. The molecule has 1 nitrogen and oxygen atoms in total. The number of carbonyl (C=O) groups excluding carboxylic acids is 1. The zero-order valence-corrected chi connectivity index (χ0v) is 9.61. The fourth-order valence-electron chi connectivity index (χ4n) is 2.47. The van der Waals surface area contributed by atoms with E-state index in [-0.39, 0.29) is 0 Å². The Morgan fingerprint density at radius 2 is 2.31 bits per heavy atom. The predicted octanol–water partition coefficient (Wildman–Crippen LogP) is 3.74. The summed E-state index contributed by atoms with van der Waals surface area (Å²) in [5, 5.41) is 0. The highest BCUT2D eigenvalue weighted by Gasteiger charge is 2.19. The lowest BCUT2D eigenvalue weighted by Crippen LogP contribution is -2.10. The highest BCUT2D eigenvalue weighted by molar-refractivity contribution is 5.71. The Morgan fingerprint density at radius 1 is 1.44 bits per heavy atom. The molecule has 2 aliphatic rings. The highest BCUT2D eigenvalue weighted by atomic mass is 16.1. The summed E-state index contributed by atoms with van der Waals surface area (Å²) in [5.74, 6) is 0.591. The van der Waals surface area contributed by atoms with Crippen molar-refractivity contribution in [2.24, 2.45) is 5.92 Å². The zero-order valence-electron chi connectivity index (χ0n) is 9.61. The highest BCUT2D eigenvalue weighted by Crippen LogP contribution is 2.34. The minimum absolute atomic E-state index is 0.591. The van der Waals surface area contributed by atoms with E-state index >= 15 is 0 Å². The van der Waals surface area contributed by atoms with Crippen LogP contribution >= 0.6 is 0 Å². The lowest BCUT2D eigenvalue weighted by atomic mass is 9.80. The molecule has 0 aliphatic heterocycles. The molecule has 2 aliphatic carbocycles. The molecule has 0 N–H and O–H groups in total. The van der Waals surface area contributed by atoms with Crippen LogP contribution in [0.4, 0.5) is 0 Å². The molecule has 2 rings (SSSR count). The Morgan fingerprint density at radius 3 is 3.12 bits per heavy atom. The number of hydrogen-bond donors (Lipinski definition) is 0. The van der Waals surface area contributed by atoms with Crippen molar-refractivity contribution >= 4 is 6.29 Å². The molecule has 0 aromatic rings. The first kappa shape index (κ1) is 11.1. The van der Waals surface area contributed by atoms with Gasteiger partial charge < -0.3 is 0 Å². The van der Waals surface area contributed by atoms with Gasteiger partial charge in [-0.15, -0.1) is 0 Å². The fourth-order valence-corrected chi connectivity index (χ4v) is 2.47. The van der Waals surface area contributed by atoms with Gasteiger partial charge in [0.1, 0.15) is 6.29 Å². The second-order valence-corrected chi connectivity index (χ2v) is 4.57. The van der Waals surface area contributed by atoms with Gasteiger partial charge in [0.15, 0.2) is 0 Å². The van der Waals surface area contributed by atoms with E-state index in [1.807, 2.05) is 0 Å². The maximum atomic E-state index is 10.5. The van der Waals surface area contributed by atoms with Crippen LogP contribution in [0.5, 0.6) is 0 Å². The molecule has 1 heteroatoms. The zero-order chi connectivity index (χ0) is 11.4. The van der Waals surface area contributed by atoms with Gasteiger partial charge >= 0.3 is 0 Å². The first-order valence-corrected chi connectivity index (χ1v) is 6.00. The van der Waals surface area contributed by atoms with Crippen LogP contribution < -0.4 is 0 Å². The number of rotatable bonds is 4. The summed E-state index contributed by atoms with van der Waals surface area (Å²) in [7, 11) is 0. The Hall–Kier alpha value is -1.37. The van der Waals surface area contributed by atoms with Crippen molar-refractivity contribution in [1.82, 2.24) is 0 Å². The van der Waals surface area contributed by atoms with Crippen molar-refractivity contribution in [2.45, 2.75) is 32.1 Å². The lowest BCUT2D eigenvalue weighted by Gasteiger charge is -2.25. The van der Waals surface area contributed by atoms with Crippen molar-refractivity contribution in [1.29, 1.82) is 0 Å². The van der Waals surface area contributed by atoms with Gasteiger partial charge in [-0.1, -0.05) is 30.9 Å². The Balaban J connectivity index is 2.03. The monoisotopic (exact) mass is 214 g/mol. The summed E-state index contributed by atoms with van der Waals surface area (Å²) in [6.45, 7) is 3.74. The second-order valence-electron chi connectivity index (χ2n) is 4.57. The van der Waals surface area contributed by atoms with Gasteiger partial charge in [-0.3, -0.25) is 4.79 Å². The average Bonchev–Trinajstić information content (AvgIpc) is 2.35. The molecule has 0 spiro atoms. The minimum Gasteiger partial charge on any atom is -0.298 e. The summed E-state index contributed by atoms with van der Waals surface area (Å²) < 4.78 is 0. The molecule has 0 aromatic carbocycles. The molecule has 0 amide bonds. The molecule has 0 saturated carbocycles. The predicted molar refractivity (Wildman–Crippen MR) is 67.1 cm³/mol. The van der Waals surface area contributed by atoms with Crippen molar-refractivity contribution in [3.05, 3.63) is 47.6 Å². The van der Waals surface area contributed by atoms with Crippen LogP contribution in [0.1, 0.15) is 32.1 Å². The third kappa shape index (κ3) is 2.41. The smallest absolute Gasteiger partial charge is 0.145 e. The molecular weight excluding hydrogens is 196 g/mol. The van der Waals surface area contributed by atoms with Crippen LogP contribution in [0.2, 0.25) is 0 Å². The van der Waals surface area contributed by atoms with Crippen LogP contribution in [-0.4, -0.2) is 6.29 Å². The maximum Gasteiger partial charge on any atom is 0.145 e. The van der Waals surface area contributed by atoms with Gasteiger partial charge in [-0.05, 0) is 54.7 Å². The molecule has 84 valence electrons. The van der Waals surface area contributed by atoms with Crippen molar-refractivity contribution in [3.8, 4) is 0 Å². The van der Waals surface area contributed by atoms with Crippen molar-refractivity contribution < 1.29 is 4.79 Å². The van der Waals surface area contributed by atoms with Gasteiger partial charge in [-0.25, -0.2) is 0 Å². The third-order valence-corrected chi connectivity index (χ3v) is 3.41. The molecule has 0 bridgehead atoms. The SMILES string of the molecule is C=C(C=O)CCC1CC=CC2=C1C=CCC2. The summed E-state index contributed by atoms with van der Waals surface area (Å²) in [6.07, 6.45) is 15.3. The lowest BCUT2D eigenvalue weighted by molar-refractivity contribution is -0.105. The average molecular weight is 214 g/mol.